The topological polar surface area (TPSA) is 50.7 Å². The first-order valence-electron chi connectivity index (χ1n) is 3.92. The molecule has 6 heteroatoms. The third-order valence-electron chi connectivity index (χ3n) is 1.64. The van der Waals surface area contributed by atoms with E-state index in [-0.39, 0.29) is 5.82 Å². The number of rotatable bonds is 2. The van der Waals surface area contributed by atoms with Crippen LogP contribution in [0.2, 0.25) is 0 Å². The summed E-state index contributed by atoms with van der Waals surface area (Å²) in [7, 11) is 1.74. The van der Waals surface area contributed by atoms with Crippen molar-refractivity contribution in [1.82, 2.24) is 15.2 Å². The molecule has 0 atom stereocenters. The van der Waals surface area contributed by atoms with Gasteiger partial charge in [-0.3, -0.25) is 4.98 Å². The van der Waals surface area contributed by atoms with Gasteiger partial charge in [0.25, 0.3) is 0 Å². The SMILES string of the molecule is CNc1nnc(-c2ccncc2F)s1. The summed E-state index contributed by atoms with van der Waals surface area (Å²) in [6, 6.07) is 1.58. The Hall–Kier alpha value is -1.56. The van der Waals surface area contributed by atoms with Gasteiger partial charge in [0.2, 0.25) is 5.13 Å². The monoisotopic (exact) mass is 210 g/mol. The van der Waals surface area contributed by atoms with Crippen molar-refractivity contribution in [3.8, 4) is 10.6 Å². The van der Waals surface area contributed by atoms with Crippen LogP contribution in [0.3, 0.4) is 0 Å². The van der Waals surface area contributed by atoms with Gasteiger partial charge in [0.1, 0.15) is 0 Å². The van der Waals surface area contributed by atoms with Crippen molar-refractivity contribution in [1.29, 1.82) is 0 Å². The van der Waals surface area contributed by atoms with Crippen molar-refractivity contribution in [2.24, 2.45) is 0 Å². The molecule has 2 rings (SSSR count). The van der Waals surface area contributed by atoms with Crippen LogP contribution < -0.4 is 5.32 Å². The van der Waals surface area contributed by atoms with Crippen LogP contribution in [0.5, 0.6) is 0 Å². The Balaban J connectivity index is 2.44. The molecular weight excluding hydrogens is 203 g/mol. The molecule has 0 spiro atoms. The second kappa shape index (κ2) is 3.67. The average molecular weight is 210 g/mol. The average Bonchev–Trinajstić information content (AvgIpc) is 2.67. The van der Waals surface area contributed by atoms with Crippen LogP contribution in [0.15, 0.2) is 18.5 Å². The van der Waals surface area contributed by atoms with E-state index < -0.39 is 0 Å². The molecule has 72 valence electrons. The summed E-state index contributed by atoms with van der Waals surface area (Å²) in [6.45, 7) is 0. The van der Waals surface area contributed by atoms with Crippen molar-refractivity contribution in [3.05, 3.63) is 24.3 Å². The number of pyridine rings is 1. The zero-order chi connectivity index (χ0) is 9.97. The predicted molar refractivity (Wildman–Crippen MR) is 52.6 cm³/mol. The quantitative estimate of drug-likeness (QED) is 0.820. The number of anilines is 1. The van der Waals surface area contributed by atoms with Crippen molar-refractivity contribution >= 4 is 16.5 Å². The molecule has 0 aliphatic rings. The molecule has 4 nitrogen and oxygen atoms in total. The number of halogens is 1. The summed E-state index contributed by atoms with van der Waals surface area (Å²) in [5.41, 5.74) is 0.430. The Morgan fingerprint density at radius 1 is 1.43 bits per heavy atom. The molecule has 0 aliphatic heterocycles. The van der Waals surface area contributed by atoms with E-state index in [1.54, 1.807) is 13.1 Å². The van der Waals surface area contributed by atoms with Crippen LogP contribution in [-0.2, 0) is 0 Å². The van der Waals surface area contributed by atoms with Crippen molar-refractivity contribution < 1.29 is 4.39 Å². The van der Waals surface area contributed by atoms with E-state index in [4.69, 9.17) is 0 Å². The zero-order valence-corrected chi connectivity index (χ0v) is 8.18. The summed E-state index contributed by atoms with van der Waals surface area (Å²) in [5.74, 6) is -0.383. The third kappa shape index (κ3) is 1.56. The fraction of sp³-hybridized carbons (Fsp3) is 0.125. The molecule has 0 saturated heterocycles. The van der Waals surface area contributed by atoms with Gasteiger partial charge in [-0.05, 0) is 6.07 Å². The standard InChI is InChI=1S/C8H7FN4S/c1-10-8-13-12-7(14-8)5-2-3-11-4-6(5)9/h2-4H,1H3,(H,10,13). The highest BCUT2D eigenvalue weighted by atomic mass is 32.1. The molecular formula is C8H7FN4S. The van der Waals surface area contributed by atoms with Gasteiger partial charge < -0.3 is 5.32 Å². The Bertz CT molecular complexity index is 442. The number of hydrogen-bond acceptors (Lipinski definition) is 5. The molecule has 0 fully saturated rings. The van der Waals surface area contributed by atoms with Crippen LogP contribution in [0.1, 0.15) is 0 Å². The first kappa shape index (κ1) is 9.01. The lowest BCUT2D eigenvalue weighted by molar-refractivity contribution is 0.624. The van der Waals surface area contributed by atoms with Gasteiger partial charge in [-0.25, -0.2) is 4.39 Å². The van der Waals surface area contributed by atoms with E-state index in [0.717, 1.165) is 6.20 Å². The maximum atomic E-state index is 13.2. The first-order chi connectivity index (χ1) is 6.81. The van der Waals surface area contributed by atoms with Gasteiger partial charge in [0.15, 0.2) is 10.8 Å². The van der Waals surface area contributed by atoms with Crippen LogP contribution in [0.25, 0.3) is 10.6 Å². The van der Waals surface area contributed by atoms with Crippen molar-refractivity contribution in [2.45, 2.75) is 0 Å². The number of nitrogens with zero attached hydrogens (tertiary/aromatic N) is 3. The summed E-state index contributed by atoms with van der Waals surface area (Å²) >= 11 is 1.30. The third-order valence-corrected chi connectivity index (χ3v) is 2.62. The van der Waals surface area contributed by atoms with E-state index >= 15 is 0 Å². The summed E-state index contributed by atoms with van der Waals surface area (Å²) < 4.78 is 13.2. The smallest absolute Gasteiger partial charge is 0.205 e. The van der Waals surface area contributed by atoms with E-state index in [2.05, 4.69) is 20.5 Å². The second-order valence-electron chi connectivity index (χ2n) is 2.52. The highest BCUT2D eigenvalue weighted by Gasteiger charge is 2.09. The lowest BCUT2D eigenvalue weighted by Crippen LogP contribution is -1.85. The highest BCUT2D eigenvalue weighted by Crippen LogP contribution is 2.27. The lowest BCUT2D eigenvalue weighted by atomic mass is 10.3. The first-order valence-corrected chi connectivity index (χ1v) is 4.74. The minimum Gasteiger partial charge on any atom is -0.363 e. The zero-order valence-electron chi connectivity index (χ0n) is 7.36. The fourth-order valence-electron chi connectivity index (χ4n) is 0.982. The number of hydrogen-bond donors (Lipinski definition) is 1. The number of aromatic nitrogens is 3. The van der Waals surface area contributed by atoms with Gasteiger partial charge >= 0.3 is 0 Å². The summed E-state index contributed by atoms with van der Waals surface area (Å²) in [6.07, 6.45) is 2.69. The van der Waals surface area contributed by atoms with Crippen LogP contribution in [0.4, 0.5) is 9.52 Å². The molecule has 2 aromatic rings. The molecule has 2 aromatic heterocycles. The maximum absolute atomic E-state index is 13.2. The largest absolute Gasteiger partial charge is 0.363 e. The molecule has 2 heterocycles. The predicted octanol–water partition coefficient (Wildman–Crippen LogP) is 1.78. The summed E-state index contributed by atoms with van der Waals surface area (Å²) in [5, 5.41) is 11.7. The van der Waals surface area contributed by atoms with E-state index in [1.807, 2.05) is 0 Å². The van der Waals surface area contributed by atoms with Crippen LogP contribution in [-0.4, -0.2) is 22.2 Å². The van der Waals surface area contributed by atoms with Crippen LogP contribution >= 0.6 is 11.3 Å². The summed E-state index contributed by atoms with van der Waals surface area (Å²) in [4.78, 5) is 3.66. The molecule has 0 radical (unpaired) electrons. The van der Waals surface area contributed by atoms with E-state index in [0.29, 0.717) is 15.7 Å². The molecule has 1 N–H and O–H groups in total. The molecule has 0 unspecified atom stereocenters. The Morgan fingerprint density at radius 2 is 2.29 bits per heavy atom. The molecule has 0 aromatic carbocycles. The molecule has 0 aliphatic carbocycles. The normalized spacial score (nSPS) is 10.1. The fourth-order valence-corrected chi connectivity index (χ4v) is 1.71. The molecule has 0 saturated carbocycles. The van der Waals surface area contributed by atoms with E-state index in [9.17, 15) is 4.39 Å². The maximum Gasteiger partial charge on any atom is 0.205 e. The lowest BCUT2D eigenvalue weighted by Gasteiger charge is -1.94. The second-order valence-corrected chi connectivity index (χ2v) is 3.50. The Labute approximate surface area is 83.8 Å². The molecule has 0 amide bonds. The van der Waals surface area contributed by atoms with Gasteiger partial charge in [-0.1, -0.05) is 11.3 Å². The number of nitrogens with one attached hydrogen (secondary N) is 1. The van der Waals surface area contributed by atoms with E-state index in [1.165, 1.54) is 17.5 Å². The van der Waals surface area contributed by atoms with Gasteiger partial charge in [-0.15, -0.1) is 10.2 Å². The van der Waals surface area contributed by atoms with Gasteiger partial charge in [0, 0.05) is 13.2 Å². The Morgan fingerprint density at radius 3 is 2.93 bits per heavy atom. The van der Waals surface area contributed by atoms with Gasteiger partial charge in [0.05, 0.1) is 11.8 Å². The van der Waals surface area contributed by atoms with Crippen molar-refractivity contribution in [2.75, 3.05) is 12.4 Å². The minimum absolute atomic E-state index is 0.383. The van der Waals surface area contributed by atoms with Gasteiger partial charge in [-0.2, -0.15) is 0 Å². The molecule has 14 heavy (non-hydrogen) atoms. The molecule has 0 bridgehead atoms. The minimum atomic E-state index is -0.383. The Kier molecular flexibility index (Phi) is 2.36. The van der Waals surface area contributed by atoms with Crippen molar-refractivity contribution in [3.63, 3.8) is 0 Å². The highest BCUT2D eigenvalue weighted by molar-refractivity contribution is 7.18. The van der Waals surface area contributed by atoms with Crippen LogP contribution in [0, 0.1) is 5.82 Å².